The second kappa shape index (κ2) is 8.11. The van der Waals surface area contributed by atoms with E-state index in [2.05, 4.69) is 20.0 Å². The summed E-state index contributed by atoms with van der Waals surface area (Å²) in [5.74, 6) is -1.34. The Morgan fingerprint density at radius 3 is 2.60 bits per heavy atom. The molecule has 10 heteroatoms. The molecule has 1 unspecified atom stereocenters. The first-order valence-electron chi connectivity index (χ1n) is 7.01. The van der Waals surface area contributed by atoms with Crippen molar-refractivity contribution in [3.05, 3.63) is 56.1 Å². The van der Waals surface area contributed by atoms with Gasteiger partial charge >= 0.3 is 11.7 Å². The van der Waals surface area contributed by atoms with Gasteiger partial charge in [0.15, 0.2) is 0 Å². The number of aromatic amines is 1. The van der Waals surface area contributed by atoms with Gasteiger partial charge in [0.05, 0.1) is 22.7 Å². The summed E-state index contributed by atoms with van der Waals surface area (Å²) in [6.45, 7) is 0. The van der Waals surface area contributed by atoms with Gasteiger partial charge in [0, 0.05) is 18.2 Å². The van der Waals surface area contributed by atoms with Gasteiger partial charge in [-0.1, -0.05) is 29.3 Å². The molecule has 0 aliphatic carbocycles. The van der Waals surface area contributed by atoms with Gasteiger partial charge in [-0.15, -0.1) is 0 Å². The molecular formula is C15H14Cl2N4O4. The molecule has 2 rings (SSSR count). The molecular weight excluding hydrogens is 371 g/mol. The number of methoxy groups -OCH3 is 1. The Bertz CT molecular complexity index is 849. The number of hydrogen-bond donors (Lipinski definition) is 3. The Balaban J connectivity index is 2.32. The monoisotopic (exact) mass is 384 g/mol. The largest absolute Gasteiger partial charge is 0.468 e. The highest BCUT2D eigenvalue weighted by Crippen LogP contribution is 2.25. The molecule has 4 N–H and O–H groups in total. The molecule has 2 aromatic rings. The molecule has 0 spiro atoms. The van der Waals surface area contributed by atoms with Gasteiger partial charge in [0.2, 0.25) is 0 Å². The van der Waals surface area contributed by atoms with Crippen molar-refractivity contribution >= 4 is 40.9 Å². The summed E-state index contributed by atoms with van der Waals surface area (Å²) in [5.41, 5.74) is 5.40. The smallest absolute Gasteiger partial charge is 0.346 e. The van der Waals surface area contributed by atoms with E-state index >= 15 is 0 Å². The van der Waals surface area contributed by atoms with Crippen molar-refractivity contribution in [3.63, 3.8) is 0 Å². The van der Waals surface area contributed by atoms with Crippen molar-refractivity contribution < 1.29 is 14.3 Å². The van der Waals surface area contributed by atoms with Crippen LogP contribution in [0.5, 0.6) is 0 Å². The van der Waals surface area contributed by atoms with Crippen LogP contribution in [0.3, 0.4) is 0 Å². The van der Waals surface area contributed by atoms with Crippen molar-refractivity contribution in [2.75, 3.05) is 12.4 Å². The van der Waals surface area contributed by atoms with Gasteiger partial charge in [0.1, 0.15) is 11.9 Å². The zero-order valence-corrected chi connectivity index (χ0v) is 14.5. The van der Waals surface area contributed by atoms with Crippen molar-refractivity contribution in [3.8, 4) is 0 Å². The minimum absolute atomic E-state index is 0.0116. The van der Waals surface area contributed by atoms with Crippen LogP contribution in [0.2, 0.25) is 10.0 Å². The van der Waals surface area contributed by atoms with Crippen LogP contribution in [0.1, 0.15) is 15.9 Å². The molecule has 0 fully saturated rings. The second-order valence-electron chi connectivity index (χ2n) is 4.96. The Hall–Kier alpha value is -2.42. The predicted octanol–water partition coefficient (Wildman–Crippen LogP) is 1.37. The van der Waals surface area contributed by atoms with Crippen LogP contribution in [-0.2, 0) is 16.0 Å². The molecule has 1 atom stereocenters. The summed E-state index contributed by atoms with van der Waals surface area (Å²) in [6, 6.07) is 3.61. The third-order valence-electron chi connectivity index (χ3n) is 3.25. The molecule has 0 saturated carbocycles. The standard InChI is InChI=1S/C15H14Cl2N4O4/c1-25-14(23)10(18)5-7-6-19-15(24)21-12(7)20-13(22)11-8(16)3-2-4-9(11)17/h2-4,6,10H,5,18H2,1H3,(H2,19,20,21,22,24). The van der Waals surface area contributed by atoms with Crippen LogP contribution in [0, 0.1) is 0 Å². The van der Waals surface area contributed by atoms with Crippen LogP contribution in [0.25, 0.3) is 0 Å². The van der Waals surface area contributed by atoms with Gasteiger partial charge in [-0.25, -0.2) is 4.79 Å². The first kappa shape index (κ1) is 18.9. The fourth-order valence-electron chi connectivity index (χ4n) is 2.04. The molecule has 0 aliphatic heterocycles. The predicted molar refractivity (Wildman–Crippen MR) is 93.0 cm³/mol. The SMILES string of the molecule is COC(=O)C(N)Cc1c[nH]c(=O)nc1NC(=O)c1c(Cl)cccc1Cl. The van der Waals surface area contributed by atoms with Crippen molar-refractivity contribution in [1.82, 2.24) is 9.97 Å². The number of esters is 1. The van der Waals surface area contributed by atoms with Crippen LogP contribution < -0.4 is 16.7 Å². The molecule has 0 aliphatic rings. The normalized spacial score (nSPS) is 11.7. The second-order valence-corrected chi connectivity index (χ2v) is 5.78. The van der Waals surface area contributed by atoms with Gasteiger partial charge in [-0.05, 0) is 12.1 Å². The number of nitrogens with zero attached hydrogens (tertiary/aromatic N) is 1. The molecule has 0 radical (unpaired) electrons. The lowest BCUT2D eigenvalue weighted by molar-refractivity contribution is -0.142. The fraction of sp³-hybridized carbons (Fsp3) is 0.200. The Morgan fingerprint density at radius 1 is 1.36 bits per heavy atom. The number of ether oxygens (including phenoxy) is 1. The summed E-state index contributed by atoms with van der Waals surface area (Å²) in [4.78, 5) is 41.4. The molecule has 0 saturated heterocycles. The summed E-state index contributed by atoms with van der Waals surface area (Å²) < 4.78 is 4.55. The van der Waals surface area contributed by atoms with E-state index < -0.39 is 23.6 Å². The maximum absolute atomic E-state index is 12.4. The fourth-order valence-corrected chi connectivity index (χ4v) is 2.61. The summed E-state index contributed by atoms with van der Waals surface area (Å²) in [7, 11) is 1.20. The minimum Gasteiger partial charge on any atom is -0.468 e. The summed E-state index contributed by atoms with van der Waals surface area (Å²) in [6.07, 6.45) is 1.30. The number of carbonyl (C=O) groups excluding carboxylic acids is 2. The highest BCUT2D eigenvalue weighted by Gasteiger charge is 2.20. The van der Waals surface area contributed by atoms with Gasteiger partial charge in [0.25, 0.3) is 5.91 Å². The van der Waals surface area contributed by atoms with Crippen LogP contribution >= 0.6 is 23.2 Å². The molecule has 1 aromatic carbocycles. The minimum atomic E-state index is -0.989. The maximum Gasteiger partial charge on any atom is 0.346 e. The molecule has 8 nitrogen and oxygen atoms in total. The van der Waals surface area contributed by atoms with E-state index in [9.17, 15) is 14.4 Å². The molecule has 1 amide bonds. The number of benzene rings is 1. The van der Waals surface area contributed by atoms with Crippen molar-refractivity contribution in [2.24, 2.45) is 5.73 Å². The Morgan fingerprint density at radius 2 is 2.00 bits per heavy atom. The number of H-pyrrole nitrogens is 1. The lowest BCUT2D eigenvalue weighted by Crippen LogP contribution is -2.34. The number of amides is 1. The molecule has 1 heterocycles. The van der Waals surface area contributed by atoms with E-state index in [1.807, 2.05) is 0 Å². The first-order valence-corrected chi connectivity index (χ1v) is 7.76. The molecule has 0 bridgehead atoms. The maximum atomic E-state index is 12.4. The van der Waals surface area contributed by atoms with Gasteiger partial charge < -0.3 is 20.8 Å². The topological polar surface area (TPSA) is 127 Å². The lowest BCUT2D eigenvalue weighted by atomic mass is 10.1. The third kappa shape index (κ3) is 4.56. The highest BCUT2D eigenvalue weighted by molar-refractivity contribution is 6.40. The van der Waals surface area contributed by atoms with E-state index in [-0.39, 0.29) is 27.8 Å². The number of nitrogens with one attached hydrogen (secondary N) is 2. The van der Waals surface area contributed by atoms with Gasteiger partial charge in [-0.2, -0.15) is 4.98 Å². The summed E-state index contributed by atoms with van der Waals surface area (Å²) >= 11 is 12.0. The zero-order valence-electron chi connectivity index (χ0n) is 13.0. The quantitative estimate of drug-likeness (QED) is 0.668. The van der Waals surface area contributed by atoms with Crippen molar-refractivity contribution in [2.45, 2.75) is 12.5 Å². The number of halogens is 2. The van der Waals surface area contributed by atoms with Crippen LogP contribution in [0.15, 0.2) is 29.2 Å². The van der Waals surface area contributed by atoms with E-state index in [1.54, 1.807) is 6.07 Å². The number of anilines is 1. The van der Waals surface area contributed by atoms with Gasteiger partial charge in [-0.3, -0.25) is 9.59 Å². The Kier molecular flexibility index (Phi) is 6.13. The average molecular weight is 385 g/mol. The highest BCUT2D eigenvalue weighted by atomic mass is 35.5. The number of rotatable bonds is 5. The molecule has 25 heavy (non-hydrogen) atoms. The number of aromatic nitrogens is 2. The van der Waals surface area contributed by atoms with Crippen molar-refractivity contribution in [1.29, 1.82) is 0 Å². The summed E-state index contributed by atoms with van der Waals surface area (Å²) in [5, 5.41) is 2.75. The number of carbonyl (C=O) groups is 2. The average Bonchev–Trinajstić information content (AvgIpc) is 2.56. The van der Waals surface area contributed by atoms with E-state index in [4.69, 9.17) is 28.9 Å². The Labute approximate surface area is 152 Å². The third-order valence-corrected chi connectivity index (χ3v) is 3.88. The molecule has 132 valence electrons. The van der Waals surface area contributed by atoms with Crippen LogP contribution in [0.4, 0.5) is 5.82 Å². The first-order chi connectivity index (χ1) is 11.8. The van der Waals surface area contributed by atoms with Crippen LogP contribution in [-0.4, -0.2) is 35.0 Å². The number of hydrogen-bond acceptors (Lipinski definition) is 6. The van der Waals surface area contributed by atoms with E-state index in [0.717, 1.165) is 0 Å². The lowest BCUT2D eigenvalue weighted by Gasteiger charge is -2.13. The number of nitrogens with two attached hydrogens (primary N) is 1. The van der Waals surface area contributed by atoms with E-state index in [0.29, 0.717) is 5.56 Å². The van der Waals surface area contributed by atoms with E-state index in [1.165, 1.54) is 25.4 Å². The molecule has 1 aromatic heterocycles. The zero-order chi connectivity index (χ0) is 18.6.